The first-order chi connectivity index (χ1) is 9.69. The Morgan fingerprint density at radius 3 is 2.80 bits per heavy atom. The van der Waals surface area contributed by atoms with Gasteiger partial charge in [0.2, 0.25) is 0 Å². The van der Waals surface area contributed by atoms with Gasteiger partial charge in [0.25, 0.3) is 0 Å². The fraction of sp³-hybridized carbons (Fsp3) is 0.200. The van der Waals surface area contributed by atoms with Crippen LogP contribution < -0.4 is 11.3 Å². The molecule has 3 rings (SSSR count). The number of hydrogen-bond donors (Lipinski definition) is 2. The molecule has 3 N–H and O–H groups in total. The maximum absolute atomic E-state index is 5.71. The Labute approximate surface area is 117 Å². The summed E-state index contributed by atoms with van der Waals surface area (Å²) in [6.07, 6.45) is 3.74. The van der Waals surface area contributed by atoms with Crippen LogP contribution in [0.5, 0.6) is 0 Å². The van der Waals surface area contributed by atoms with Crippen LogP contribution in [0.15, 0.2) is 42.7 Å². The molecule has 0 saturated carbocycles. The molecule has 1 atom stereocenters. The highest BCUT2D eigenvalue weighted by atomic mass is 15.3. The third-order valence-corrected chi connectivity index (χ3v) is 3.46. The molecule has 0 saturated heterocycles. The highest BCUT2D eigenvalue weighted by Gasteiger charge is 2.16. The second-order valence-corrected chi connectivity index (χ2v) is 4.93. The zero-order chi connectivity index (χ0) is 14.1. The molecule has 0 bridgehead atoms. The van der Waals surface area contributed by atoms with Crippen LogP contribution in [0.4, 0.5) is 0 Å². The Kier molecular flexibility index (Phi) is 3.22. The molecule has 3 aromatic rings. The Hall–Kier alpha value is -2.24. The van der Waals surface area contributed by atoms with Gasteiger partial charge < -0.3 is 0 Å². The zero-order valence-electron chi connectivity index (χ0n) is 11.5. The fourth-order valence-electron chi connectivity index (χ4n) is 2.46. The Morgan fingerprint density at radius 2 is 2.10 bits per heavy atom. The predicted octanol–water partition coefficient (Wildman–Crippen LogP) is 1.83. The topological polar surface area (TPSA) is 68.8 Å². The van der Waals surface area contributed by atoms with Crippen molar-refractivity contribution in [1.82, 2.24) is 20.2 Å². The van der Waals surface area contributed by atoms with Gasteiger partial charge >= 0.3 is 0 Å². The Morgan fingerprint density at radius 1 is 1.30 bits per heavy atom. The average Bonchev–Trinajstić information content (AvgIpc) is 2.86. The lowest BCUT2D eigenvalue weighted by Gasteiger charge is -2.15. The number of hydrogen-bond acceptors (Lipinski definition) is 4. The Balaban J connectivity index is 2.12. The first-order valence-corrected chi connectivity index (χ1v) is 6.50. The summed E-state index contributed by atoms with van der Waals surface area (Å²) in [6.45, 7) is 2.09. The van der Waals surface area contributed by atoms with Crippen molar-refractivity contribution in [3.05, 3.63) is 59.5 Å². The van der Waals surface area contributed by atoms with Crippen molar-refractivity contribution in [2.75, 3.05) is 0 Å². The quantitative estimate of drug-likeness (QED) is 0.561. The van der Waals surface area contributed by atoms with Crippen LogP contribution in [0, 0.1) is 6.92 Å². The second kappa shape index (κ2) is 5.03. The first-order valence-electron chi connectivity index (χ1n) is 6.50. The molecule has 1 unspecified atom stereocenters. The summed E-state index contributed by atoms with van der Waals surface area (Å²) in [5.41, 5.74) is 6.89. The van der Waals surface area contributed by atoms with Gasteiger partial charge in [-0.15, -0.1) is 0 Å². The maximum Gasteiger partial charge on any atom is 0.0912 e. The molecule has 0 amide bonds. The van der Waals surface area contributed by atoms with E-state index in [1.807, 2.05) is 31.4 Å². The summed E-state index contributed by atoms with van der Waals surface area (Å²) in [6, 6.07) is 10.0. The normalized spacial score (nSPS) is 12.8. The SMILES string of the molecule is Cc1cc(C(NN)c2cnn(C)c2)nc2ccccc12. The van der Waals surface area contributed by atoms with Gasteiger partial charge in [0.15, 0.2) is 0 Å². The number of hydrazine groups is 1. The lowest BCUT2D eigenvalue weighted by atomic mass is 10.0. The van der Waals surface area contributed by atoms with Gasteiger partial charge in [0.05, 0.1) is 23.4 Å². The molecule has 2 aromatic heterocycles. The van der Waals surface area contributed by atoms with E-state index in [1.165, 1.54) is 10.9 Å². The molecule has 0 spiro atoms. The van der Waals surface area contributed by atoms with Crippen LogP contribution in [-0.4, -0.2) is 14.8 Å². The Bertz CT molecular complexity index is 747. The van der Waals surface area contributed by atoms with E-state index in [2.05, 4.69) is 29.6 Å². The van der Waals surface area contributed by atoms with E-state index in [0.717, 1.165) is 16.8 Å². The van der Waals surface area contributed by atoms with Gasteiger partial charge in [-0.2, -0.15) is 5.10 Å². The smallest absolute Gasteiger partial charge is 0.0912 e. The van der Waals surface area contributed by atoms with Crippen LogP contribution in [0.2, 0.25) is 0 Å². The lowest BCUT2D eigenvalue weighted by molar-refractivity contribution is 0.621. The van der Waals surface area contributed by atoms with Gasteiger partial charge in [-0.1, -0.05) is 18.2 Å². The minimum atomic E-state index is -0.160. The van der Waals surface area contributed by atoms with Crippen molar-refractivity contribution in [3.8, 4) is 0 Å². The molecule has 0 aliphatic heterocycles. The number of benzene rings is 1. The van der Waals surface area contributed by atoms with Gasteiger partial charge in [-0.3, -0.25) is 15.5 Å². The van der Waals surface area contributed by atoms with Crippen LogP contribution in [-0.2, 0) is 7.05 Å². The van der Waals surface area contributed by atoms with E-state index in [-0.39, 0.29) is 6.04 Å². The zero-order valence-corrected chi connectivity index (χ0v) is 11.5. The van der Waals surface area contributed by atoms with Crippen LogP contribution >= 0.6 is 0 Å². The van der Waals surface area contributed by atoms with E-state index >= 15 is 0 Å². The molecule has 102 valence electrons. The molecule has 1 aromatic carbocycles. The van der Waals surface area contributed by atoms with Crippen molar-refractivity contribution < 1.29 is 0 Å². The third kappa shape index (κ3) is 2.17. The van der Waals surface area contributed by atoms with E-state index in [4.69, 9.17) is 10.8 Å². The second-order valence-electron chi connectivity index (χ2n) is 4.93. The van der Waals surface area contributed by atoms with Crippen LogP contribution in [0.3, 0.4) is 0 Å². The number of pyridine rings is 1. The lowest BCUT2D eigenvalue weighted by Crippen LogP contribution is -2.29. The van der Waals surface area contributed by atoms with Gasteiger partial charge in [-0.05, 0) is 24.6 Å². The van der Waals surface area contributed by atoms with E-state index in [0.29, 0.717) is 0 Å². The summed E-state index contributed by atoms with van der Waals surface area (Å²) in [5.74, 6) is 5.71. The minimum Gasteiger partial charge on any atom is -0.275 e. The van der Waals surface area contributed by atoms with Crippen LogP contribution in [0.1, 0.15) is 22.9 Å². The van der Waals surface area contributed by atoms with Crippen molar-refractivity contribution in [2.24, 2.45) is 12.9 Å². The summed E-state index contributed by atoms with van der Waals surface area (Å²) >= 11 is 0. The number of aryl methyl sites for hydroxylation is 2. The number of nitrogens with one attached hydrogen (secondary N) is 1. The summed E-state index contributed by atoms with van der Waals surface area (Å²) in [7, 11) is 1.89. The number of fused-ring (bicyclic) bond motifs is 1. The largest absolute Gasteiger partial charge is 0.275 e. The van der Waals surface area contributed by atoms with Crippen molar-refractivity contribution in [2.45, 2.75) is 13.0 Å². The molecule has 0 aliphatic rings. The average molecular weight is 267 g/mol. The number of aromatic nitrogens is 3. The standard InChI is InChI=1S/C15H17N5/c1-10-7-14(18-13-6-4-3-5-12(10)13)15(19-16)11-8-17-20(2)9-11/h3-9,15,19H,16H2,1-2H3. The van der Waals surface area contributed by atoms with E-state index in [9.17, 15) is 0 Å². The number of para-hydroxylation sites is 1. The van der Waals surface area contributed by atoms with Crippen molar-refractivity contribution in [1.29, 1.82) is 0 Å². The summed E-state index contributed by atoms with van der Waals surface area (Å²) in [4.78, 5) is 4.71. The maximum atomic E-state index is 5.71. The summed E-state index contributed by atoms with van der Waals surface area (Å²) < 4.78 is 1.76. The molecule has 0 radical (unpaired) electrons. The van der Waals surface area contributed by atoms with Gasteiger partial charge in [0, 0.05) is 24.2 Å². The molecule has 5 nitrogen and oxygen atoms in total. The summed E-state index contributed by atoms with van der Waals surface area (Å²) in [5, 5.41) is 5.35. The monoisotopic (exact) mass is 267 g/mol. The number of nitrogens with zero attached hydrogens (tertiary/aromatic N) is 3. The molecule has 0 aliphatic carbocycles. The highest BCUT2D eigenvalue weighted by molar-refractivity contribution is 5.82. The van der Waals surface area contributed by atoms with Crippen molar-refractivity contribution >= 4 is 10.9 Å². The third-order valence-electron chi connectivity index (χ3n) is 3.46. The first kappa shape index (κ1) is 12.8. The highest BCUT2D eigenvalue weighted by Crippen LogP contribution is 2.24. The van der Waals surface area contributed by atoms with Crippen LogP contribution in [0.25, 0.3) is 10.9 Å². The predicted molar refractivity (Wildman–Crippen MR) is 78.9 cm³/mol. The van der Waals surface area contributed by atoms with Crippen molar-refractivity contribution in [3.63, 3.8) is 0 Å². The molecule has 20 heavy (non-hydrogen) atoms. The molecular formula is C15H17N5. The molecular weight excluding hydrogens is 250 g/mol. The van der Waals surface area contributed by atoms with Gasteiger partial charge in [0.1, 0.15) is 0 Å². The number of nitrogens with two attached hydrogens (primary N) is 1. The van der Waals surface area contributed by atoms with Gasteiger partial charge in [-0.25, -0.2) is 5.43 Å². The molecule has 5 heteroatoms. The minimum absolute atomic E-state index is 0.160. The van der Waals surface area contributed by atoms with E-state index in [1.54, 1.807) is 10.9 Å². The van der Waals surface area contributed by atoms with E-state index < -0.39 is 0 Å². The molecule has 2 heterocycles. The molecule has 0 fully saturated rings. The number of rotatable bonds is 3. The fourth-order valence-corrected chi connectivity index (χ4v) is 2.46.